The molecule has 6 heteroatoms. The maximum absolute atomic E-state index is 11.8. The fraction of sp³-hybridized carbons (Fsp3) is 0.571. The third-order valence-corrected chi connectivity index (χ3v) is 4.06. The second kappa shape index (κ2) is 8.71. The van der Waals surface area contributed by atoms with Crippen molar-refractivity contribution in [1.82, 2.24) is 10.2 Å². The Bertz CT molecular complexity index is 420. The van der Waals surface area contributed by atoms with Crippen LogP contribution in [0.5, 0.6) is 0 Å². The van der Waals surface area contributed by atoms with Gasteiger partial charge in [-0.1, -0.05) is 13.0 Å². The standard InChI is InChI=1S/C14H22N2O3S/c1-3-16(11(2)9-14(18)19)10-13(17)15-7-6-12-5-4-8-20-12/h4-5,8,11H,3,6-7,9-10H2,1-2H3,(H,15,17)(H,18,19). The molecule has 0 fully saturated rings. The predicted molar refractivity (Wildman–Crippen MR) is 80.0 cm³/mol. The van der Waals surface area contributed by atoms with E-state index in [0.29, 0.717) is 13.1 Å². The first-order valence-corrected chi connectivity index (χ1v) is 7.65. The maximum atomic E-state index is 11.8. The number of amides is 1. The Morgan fingerprint density at radius 3 is 2.80 bits per heavy atom. The molecule has 0 bridgehead atoms. The second-order valence-corrected chi connectivity index (χ2v) is 5.72. The molecule has 1 aromatic heterocycles. The Morgan fingerprint density at radius 1 is 1.50 bits per heavy atom. The van der Waals surface area contributed by atoms with E-state index in [0.717, 1.165) is 6.42 Å². The summed E-state index contributed by atoms with van der Waals surface area (Å²) in [6.07, 6.45) is 0.885. The molecule has 20 heavy (non-hydrogen) atoms. The molecule has 0 aliphatic heterocycles. The van der Waals surface area contributed by atoms with Gasteiger partial charge in [-0.25, -0.2) is 0 Å². The predicted octanol–water partition coefficient (Wildman–Crippen LogP) is 1.59. The zero-order valence-electron chi connectivity index (χ0n) is 12.0. The number of likely N-dealkylation sites (N-methyl/N-ethyl adjacent to an activating group) is 1. The molecule has 0 saturated heterocycles. The first-order chi connectivity index (χ1) is 9.52. The quantitative estimate of drug-likeness (QED) is 0.726. The van der Waals surface area contributed by atoms with Crippen molar-refractivity contribution in [3.63, 3.8) is 0 Å². The molecule has 5 nitrogen and oxygen atoms in total. The molecule has 0 aliphatic carbocycles. The molecule has 0 radical (unpaired) electrons. The van der Waals surface area contributed by atoms with Crippen LogP contribution in [0.3, 0.4) is 0 Å². The summed E-state index contributed by atoms with van der Waals surface area (Å²) in [5, 5.41) is 13.7. The lowest BCUT2D eigenvalue weighted by molar-refractivity contribution is -0.138. The van der Waals surface area contributed by atoms with Gasteiger partial charge in [0.2, 0.25) is 5.91 Å². The fourth-order valence-electron chi connectivity index (χ4n) is 1.98. The van der Waals surface area contributed by atoms with Gasteiger partial charge in [0, 0.05) is 17.5 Å². The van der Waals surface area contributed by atoms with Gasteiger partial charge in [0.05, 0.1) is 13.0 Å². The van der Waals surface area contributed by atoms with Gasteiger partial charge in [0.1, 0.15) is 0 Å². The number of nitrogens with zero attached hydrogens (tertiary/aromatic N) is 1. The summed E-state index contributed by atoms with van der Waals surface area (Å²) in [4.78, 5) is 25.6. The van der Waals surface area contributed by atoms with Gasteiger partial charge in [-0.05, 0) is 31.3 Å². The van der Waals surface area contributed by atoms with Gasteiger partial charge in [-0.3, -0.25) is 14.5 Å². The van der Waals surface area contributed by atoms with Crippen molar-refractivity contribution >= 4 is 23.2 Å². The van der Waals surface area contributed by atoms with Gasteiger partial charge in [-0.2, -0.15) is 0 Å². The van der Waals surface area contributed by atoms with Crippen molar-refractivity contribution < 1.29 is 14.7 Å². The molecule has 2 N–H and O–H groups in total. The van der Waals surface area contributed by atoms with Crippen molar-refractivity contribution in [3.8, 4) is 0 Å². The van der Waals surface area contributed by atoms with E-state index < -0.39 is 5.97 Å². The topological polar surface area (TPSA) is 69.6 Å². The number of carboxylic acids is 1. The minimum absolute atomic E-state index is 0.0519. The van der Waals surface area contributed by atoms with Crippen LogP contribution in [0.1, 0.15) is 25.1 Å². The van der Waals surface area contributed by atoms with E-state index in [1.807, 2.05) is 36.3 Å². The summed E-state index contributed by atoms with van der Waals surface area (Å²) in [6, 6.07) is 3.90. The number of aliphatic carboxylic acids is 1. The summed E-state index contributed by atoms with van der Waals surface area (Å²) in [7, 11) is 0. The van der Waals surface area contributed by atoms with Crippen LogP contribution in [0, 0.1) is 0 Å². The van der Waals surface area contributed by atoms with E-state index in [1.165, 1.54) is 4.88 Å². The Labute approximate surface area is 123 Å². The number of nitrogens with one attached hydrogen (secondary N) is 1. The van der Waals surface area contributed by atoms with Crippen molar-refractivity contribution in [2.75, 3.05) is 19.6 Å². The van der Waals surface area contributed by atoms with Crippen LogP contribution in [-0.2, 0) is 16.0 Å². The lowest BCUT2D eigenvalue weighted by Crippen LogP contribution is -2.42. The molecule has 0 saturated carbocycles. The number of carbonyl (C=O) groups excluding carboxylic acids is 1. The lowest BCUT2D eigenvalue weighted by Gasteiger charge is -2.25. The number of hydrogen-bond donors (Lipinski definition) is 2. The third-order valence-electron chi connectivity index (χ3n) is 3.12. The lowest BCUT2D eigenvalue weighted by atomic mass is 10.2. The van der Waals surface area contributed by atoms with Crippen molar-refractivity contribution in [2.24, 2.45) is 0 Å². The minimum Gasteiger partial charge on any atom is -0.481 e. The van der Waals surface area contributed by atoms with Crippen LogP contribution < -0.4 is 5.32 Å². The second-order valence-electron chi connectivity index (χ2n) is 4.69. The number of carboxylic acid groups (broad SMARTS) is 1. The molecule has 1 aromatic rings. The number of carbonyl (C=O) groups is 2. The molecule has 1 heterocycles. The summed E-state index contributed by atoms with van der Waals surface area (Å²) < 4.78 is 0. The van der Waals surface area contributed by atoms with Gasteiger partial charge >= 0.3 is 5.97 Å². The van der Waals surface area contributed by atoms with Gasteiger partial charge in [0.15, 0.2) is 0 Å². The minimum atomic E-state index is -0.839. The summed E-state index contributed by atoms with van der Waals surface area (Å²) in [5.41, 5.74) is 0. The molecule has 1 atom stereocenters. The highest BCUT2D eigenvalue weighted by Gasteiger charge is 2.17. The van der Waals surface area contributed by atoms with Crippen molar-refractivity contribution in [1.29, 1.82) is 0 Å². The Hall–Kier alpha value is -1.40. The molecule has 1 amide bonds. The SMILES string of the molecule is CCN(CC(=O)NCCc1cccs1)C(C)CC(=O)O. The molecular formula is C14H22N2O3S. The molecule has 0 aliphatic rings. The number of rotatable bonds is 9. The first kappa shape index (κ1) is 16.7. The van der Waals surface area contributed by atoms with E-state index >= 15 is 0 Å². The van der Waals surface area contributed by atoms with Crippen LogP contribution in [-0.4, -0.2) is 47.6 Å². The van der Waals surface area contributed by atoms with Crippen LogP contribution in [0.15, 0.2) is 17.5 Å². The summed E-state index contributed by atoms with van der Waals surface area (Å²) in [6.45, 7) is 5.28. The molecule has 1 unspecified atom stereocenters. The average Bonchev–Trinajstić information content (AvgIpc) is 2.88. The number of hydrogen-bond acceptors (Lipinski definition) is 4. The van der Waals surface area contributed by atoms with Crippen molar-refractivity contribution in [2.45, 2.75) is 32.7 Å². The zero-order valence-corrected chi connectivity index (χ0v) is 12.8. The van der Waals surface area contributed by atoms with Crippen molar-refractivity contribution in [3.05, 3.63) is 22.4 Å². The van der Waals surface area contributed by atoms with E-state index in [4.69, 9.17) is 5.11 Å². The average molecular weight is 298 g/mol. The molecule has 1 rings (SSSR count). The van der Waals surface area contributed by atoms with Gasteiger partial charge in [-0.15, -0.1) is 11.3 Å². The maximum Gasteiger partial charge on any atom is 0.304 e. The summed E-state index contributed by atoms with van der Waals surface area (Å²) in [5.74, 6) is -0.894. The highest BCUT2D eigenvalue weighted by molar-refractivity contribution is 7.09. The van der Waals surface area contributed by atoms with Crippen LogP contribution >= 0.6 is 11.3 Å². The first-order valence-electron chi connectivity index (χ1n) is 6.77. The van der Waals surface area contributed by atoms with Crippen LogP contribution in [0.25, 0.3) is 0 Å². The molecular weight excluding hydrogens is 276 g/mol. The van der Waals surface area contributed by atoms with E-state index in [9.17, 15) is 9.59 Å². The highest BCUT2D eigenvalue weighted by atomic mass is 32.1. The monoisotopic (exact) mass is 298 g/mol. The largest absolute Gasteiger partial charge is 0.481 e. The van der Waals surface area contributed by atoms with E-state index in [2.05, 4.69) is 5.32 Å². The number of thiophene rings is 1. The summed E-state index contributed by atoms with van der Waals surface area (Å²) >= 11 is 1.68. The van der Waals surface area contributed by atoms with Crippen LogP contribution in [0.2, 0.25) is 0 Å². The Kier molecular flexibility index (Phi) is 7.25. The van der Waals surface area contributed by atoms with Crippen LogP contribution in [0.4, 0.5) is 0 Å². The Morgan fingerprint density at radius 2 is 2.25 bits per heavy atom. The van der Waals surface area contributed by atoms with Gasteiger partial charge in [0.25, 0.3) is 0 Å². The highest BCUT2D eigenvalue weighted by Crippen LogP contribution is 2.08. The van der Waals surface area contributed by atoms with E-state index in [-0.39, 0.29) is 24.9 Å². The molecule has 0 spiro atoms. The normalized spacial score (nSPS) is 12.3. The molecule has 112 valence electrons. The zero-order chi connectivity index (χ0) is 15.0. The van der Waals surface area contributed by atoms with Gasteiger partial charge < -0.3 is 10.4 Å². The Balaban J connectivity index is 2.29. The fourth-order valence-corrected chi connectivity index (χ4v) is 2.69. The molecule has 0 aromatic carbocycles. The van der Waals surface area contributed by atoms with E-state index in [1.54, 1.807) is 11.3 Å². The smallest absolute Gasteiger partial charge is 0.304 e. The third kappa shape index (κ3) is 6.16.